The van der Waals surface area contributed by atoms with Crippen LogP contribution in [0.4, 0.5) is 0 Å². The van der Waals surface area contributed by atoms with Crippen LogP contribution in [0.2, 0.25) is 0 Å². The van der Waals surface area contributed by atoms with Crippen LogP contribution in [-0.2, 0) is 0 Å². The lowest BCUT2D eigenvalue weighted by atomic mass is 10.1. The lowest BCUT2D eigenvalue weighted by Crippen LogP contribution is -1.83. The monoisotopic (exact) mass is 244 g/mol. The lowest BCUT2D eigenvalue weighted by molar-refractivity contribution is 1.17. The SMILES string of the molecule is N#Cc1ccc(-c2cn3cc(C#N)ccc3n2)cc1. The zero-order valence-corrected chi connectivity index (χ0v) is 9.91. The van der Waals surface area contributed by atoms with Gasteiger partial charge in [0.25, 0.3) is 0 Å². The average molecular weight is 244 g/mol. The summed E-state index contributed by atoms with van der Waals surface area (Å²) in [5.41, 5.74) is 3.77. The zero-order valence-electron chi connectivity index (χ0n) is 9.91. The van der Waals surface area contributed by atoms with Gasteiger partial charge in [0.05, 0.1) is 22.9 Å². The van der Waals surface area contributed by atoms with Gasteiger partial charge >= 0.3 is 0 Å². The number of hydrogen-bond donors (Lipinski definition) is 0. The van der Waals surface area contributed by atoms with Crippen LogP contribution in [0.25, 0.3) is 16.9 Å². The Kier molecular flexibility index (Phi) is 2.48. The predicted octanol–water partition coefficient (Wildman–Crippen LogP) is 2.74. The summed E-state index contributed by atoms with van der Waals surface area (Å²) < 4.78 is 1.83. The van der Waals surface area contributed by atoms with Crippen molar-refractivity contribution in [2.24, 2.45) is 0 Å². The van der Waals surface area contributed by atoms with Gasteiger partial charge < -0.3 is 4.40 Å². The van der Waals surface area contributed by atoms with E-state index in [-0.39, 0.29) is 0 Å². The zero-order chi connectivity index (χ0) is 13.2. The van der Waals surface area contributed by atoms with E-state index in [9.17, 15) is 0 Å². The van der Waals surface area contributed by atoms with Crippen molar-refractivity contribution in [3.63, 3.8) is 0 Å². The number of rotatable bonds is 1. The molecule has 0 radical (unpaired) electrons. The molecule has 4 nitrogen and oxygen atoms in total. The standard InChI is InChI=1S/C15H8N4/c16-7-11-1-4-13(5-2-11)14-10-19-9-12(8-17)3-6-15(19)18-14/h1-6,9-10H. The summed E-state index contributed by atoms with van der Waals surface area (Å²) in [5.74, 6) is 0. The Labute approximate surface area is 109 Å². The maximum atomic E-state index is 8.86. The molecule has 0 aliphatic carbocycles. The third-order valence-electron chi connectivity index (χ3n) is 2.89. The van der Waals surface area contributed by atoms with Crippen molar-refractivity contribution in [3.8, 4) is 23.4 Å². The fourth-order valence-corrected chi connectivity index (χ4v) is 1.91. The number of aromatic nitrogens is 2. The highest BCUT2D eigenvalue weighted by molar-refractivity contribution is 5.63. The molecule has 0 saturated carbocycles. The molecule has 0 spiro atoms. The second-order valence-corrected chi connectivity index (χ2v) is 4.11. The molecule has 4 heteroatoms. The first-order chi connectivity index (χ1) is 9.30. The van der Waals surface area contributed by atoms with Crippen molar-refractivity contribution < 1.29 is 0 Å². The van der Waals surface area contributed by atoms with Crippen LogP contribution in [-0.4, -0.2) is 9.38 Å². The molecule has 0 fully saturated rings. The van der Waals surface area contributed by atoms with E-state index < -0.39 is 0 Å². The van der Waals surface area contributed by atoms with Crippen LogP contribution in [0.1, 0.15) is 11.1 Å². The van der Waals surface area contributed by atoms with Gasteiger partial charge in [0, 0.05) is 18.0 Å². The van der Waals surface area contributed by atoms with Gasteiger partial charge in [-0.25, -0.2) is 4.98 Å². The first kappa shape index (κ1) is 11.0. The average Bonchev–Trinajstić information content (AvgIpc) is 2.90. The molecule has 2 aromatic heterocycles. The molecule has 0 N–H and O–H groups in total. The Hall–Kier alpha value is -3.11. The Morgan fingerprint density at radius 1 is 0.842 bits per heavy atom. The van der Waals surface area contributed by atoms with Gasteiger partial charge in [-0.15, -0.1) is 0 Å². The summed E-state index contributed by atoms with van der Waals surface area (Å²) in [5, 5.41) is 17.6. The number of fused-ring (bicyclic) bond motifs is 1. The second-order valence-electron chi connectivity index (χ2n) is 4.11. The maximum absolute atomic E-state index is 8.86. The third kappa shape index (κ3) is 1.92. The molecular weight excluding hydrogens is 236 g/mol. The molecule has 3 rings (SSSR count). The number of imidazole rings is 1. The van der Waals surface area contributed by atoms with Gasteiger partial charge in [-0.1, -0.05) is 12.1 Å². The van der Waals surface area contributed by atoms with Crippen molar-refractivity contribution in [2.45, 2.75) is 0 Å². The number of nitriles is 2. The Morgan fingerprint density at radius 2 is 1.53 bits per heavy atom. The van der Waals surface area contributed by atoms with Crippen LogP contribution in [0.15, 0.2) is 48.8 Å². The molecule has 1 aromatic carbocycles. The minimum absolute atomic E-state index is 0.594. The van der Waals surface area contributed by atoms with Gasteiger partial charge in [-0.3, -0.25) is 0 Å². The molecular formula is C15H8N4. The van der Waals surface area contributed by atoms with E-state index in [1.54, 1.807) is 24.4 Å². The van der Waals surface area contributed by atoms with E-state index in [0.29, 0.717) is 11.1 Å². The quantitative estimate of drug-likeness (QED) is 0.661. The third-order valence-corrected chi connectivity index (χ3v) is 2.89. The normalized spacial score (nSPS) is 10.0. The van der Waals surface area contributed by atoms with Crippen LogP contribution in [0, 0.1) is 22.7 Å². The van der Waals surface area contributed by atoms with Crippen molar-refractivity contribution in [1.29, 1.82) is 10.5 Å². The van der Waals surface area contributed by atoms with Gasteiger partial charge in [0.15, 0.2) is 0 Å². The molecule has 0 saturated heterocycles. The van der Waals surface area contributed by atoms with E-state index in [1.807, 2.05) is 28.8 Å². The minimum atomic E-state index is 0.594. The largest absolute Gasteiger partial charge is 0.305 e. The highest BCUT2D eigenvalue weighted by Gasteiger charge is 2.05. The first-order valence-corrected chi connectivity index (χ1v) is 5.69. The molecule has 0 unspecified atom stereocenters. The number of hydrogen-bond acceptors (Lipinski definition) is 3. The summed E-state index contributed by atoms with van der Waals surface area (Å²) in [7, 11) is 0. The van der Waals surface area contributed by atoms with Gasteiger partial charge in [-0.2, -0.15) is 10.5 Å². The van der Waals surface area contributed by atoms with Crippen molar-refractivity contribution >= 4 is 5.65 Å². The molecule has 88 valence electrons. The van der Waals surface area contributed by atoms with E-state index >= 15 is 0 Å². The Bertz CT molecular complexity index is 829. The van der Waals surface area contributed by atoms with Gasteiger partial charge in [0.2, 0.25) is 0 Å². The molecule has 3 aromatic rings. The second kappa shape index (κ2) is 4.29. The van der Waals surface area contributed by atoms with Crippen molar-refractivity contribution in [3.05, 3.63) is 59.9 Å². The van der Waals surface area contributed by atoms with E-state index in [4.69, 9.17) is 10.5 Å². The van der Waals surface area contributed by atoms with Crippen molar-refractivity contribution in [2.75, 3.05) is 0 Å². The van der Waals surface area contributed by atoms with E-state index in [0.717, 1.165) is 16.9 Å². The number of nitrogens with zero attached hydrogens (tertiary/aromatic N) is 4. The first-order valence-electron chi connectivity index (χ1n) is 5.69. The predicted molar refractivity (Wildman–Crippen MR) is 70.1 cm³/mol. The molecule has 0 aliphatic heterocycles. The molecule has 2 heterocycles. The fraction of sp³-hybridized carbons (Fsp3) is 0. The number of pyridine rings is 1. The van der Waals surface area contributed by atoms with Gasteiger partial charge in [-0.05, 0) is 24.3 Å². The summed E-state index contributed by atoms with van der Waals surface area (Å²) in [4.78, 5) is 4.48. The van der Waals surface area contributed by atoms with Crippen LogP contribution >= 0.6 is 0 Å². The maximum Gasteiger partial charge on any atom is 0.137 e. The van der Waals surface area contributed by atoms with Gasteiger partial charge in [0.1, 0.15) is 11.7 Å². The summed E-state index contributed by atoms with van der Waals surface area (Å²) in [6.07, 6.45) is 3.62. The summed E-state index contributed by atoms with van der Waals surface area (Å²) >= 11 is 0. The smallest absolute Gasteiger partial charge is 0.137 e. The molecule has 0 amide bonds. The fourth-order valence-electron chi connectivity index (χ4n) is 1.91. The van der Waals surface area contributed by atoms with Crippen LogP contribution in [0.3, 0.4) is 0 Å². The summed E-state index contributed by atoms with van der Waals surface area (Å²) in [6, 6.07) is 15.0. The van der Waals surface area contributed by atoms with Crippen LogP contribution < -0.4 is 0 Å². The topological polar surface area (TPSA) is 64.9 Å². The van der Waals surface area contributed by atoms with Crippen molar-refractivity contribution in [1.82, 2.24) is 9.38 Å². The summed E-state index contributed by atoms with van der Waals surface area (Å²) in [6.45, 7) is 0. The highest BCUT2D eigenvalue weighted by Crippen LogP contribution is 2.19. The Balaban J connectivity index is 2.10. The molecule has 0 atom stereocenters. The number of benzene rings is 1. The molecule has 0 bridgehead atoms. The van der Waals surface area contributed by atoms with Crippen LogP contribution in [0.5, 0.6) is 0 Å². The molecule has 0 aliphatic rings. The van der Waals surface area contributed by atoms with E-state index in [2.05, 4.69) is 17.1 Å². The lowest BCUT2D eigenvalue weighted by Gasteiger charge is -1.94. The Morgan fingerprint density at radius 3 is 2.21 bits per heavy atom. The minimum Gasteiger partial charge on any atom is -0.305 e. The van der Waals surface area contributed by atoms with E-state index in [1.165, 1.54) is 0 Å². The highest BCUT2D eigenvalue weighted by atomic mass is 15.0. The molecule has 19 heavy (non-hydrogen) atoms.